The Balaban J connectivity index is 2.26. The van der Waals surface area contributed by atoms with Crippen molar-refractivity contribution < 1.29 is 18.9 Å². The smallest absolute Gasteiger partial charge is 0.317 e. The van der Waals surface area contributed by atoms with Crippen LogP contribution in [-0.2, 0) is 14.3 Å². The first-order valence-electron chi connectivity index (χ1n) is 4.56. The third-order valence-electron chi connectivity index (χ3n) is 2.16. The average Bonchev–Trinajstić information content (AvgIpc) is 2.27. The van der Waals surface area contributed by atoms with E-state index in [0.29, 0.717) is 12.2 Å². The summed E-state index contributed by atoms with van der Waals surface area (Å²) in [5.74, 6) is -0.383. The summed E-state index contributed by atoms with van der Waals surface area (Å²) in [7, 11) is -1.48. The first-order valence-corrected chi connectivity index (χ1v) is 7.14. The van der Waals surface area contributed by atoms with Gasteiger partial charge in [0.2, 0.25) is 0 Å². The number of rotatable bonds is 4. The van der Waals surface area contributed by atoms with Crippen LogP contribution in [-0.4, -0.2) is 34.8 Å². The van der Waals surface area contributed by atoms with Crippen LogP contribution in [0.4, 0.5) is 0 Å². The summed E-state index contributed by atoms with van der Waals surface area (Å²) in [4.78, 5) is 21.8. The molecule has 0 amide bonds. The molecule has 1 unspecified atom stereocenters. The average molecular weight is 220 g/mol. The zero-order valence-electron chi connectivity index (χ0n) is 8.49. The SMILES string of the molecule is CS(C)(O)CCCC1CC(=O)OC1=O. The van der Waals surface area contributed by atoms with Crippen LogP contribution in [0.15, 0.2) is 0 Å². The molecule has 1 saturated heterocycles. The second kappa shape index (κ2) is 4.31. The maximum atomic E-state index is 11.0. The molecule has 1 atom stereocenters. The molecular weight excluding hydrogens is 204 g/mol. The Morgan fingerprint density at radius 1 is 1.50 bits per heavy atom. The number of cyclic esters (lactones) is 2. The topological polar surface area (TPSA) is 63.6 Å². The molecule has 0 aromatic rings. The van der Waals surface area contributed by atoms with E-state index in [1.165, 1.54) is 0 Å². The normalized spacial score (nSPS) is 23.8. The third kappa shape index (κ3) is 3.67. The van der Waals surface area contributed by atoms with Crippen molar-refractivity contribution in [2.24, 2.45) is 5.92 Å². The maximum Gasteiger partial charge on any atom is 0.317 e. The Morgan fingerprint density at radius 3 is 2.57 bits per heavy atom. The number of ether oxygens (including phenoxy) is 1. The van der Waals surface area contributed by atoms with Crippen molar-refractivity contribution in [2.45, 2.75) is 19.3 Å². The molecule has 1 N–H and O–H groups in total. The van der Waals surface area contributed by atoms with Crippen molar-refractivity contribution in [3.8, 4) is 0 Å². The van der Waals surface area contributed by atoms with Gasteiger partial charge in [-0.15, -0.1) is 10.3 Å². The molecular formula is C9H16O4S. The number of esters is 2. The van der Waals surface area contributed by atoms with Crippen LogP contribution in [0.25, 0.3) is 0 Å². The number of carbonyl (C=O) groups is 2. The molecule has 0 aromatic carbocycles. The van der Waals surface area contributed by atoms with Crippen molar-refractivity contribution in [2.75, 3.05) is 18.3 Å². The minimum absolute atomic E-state index is 0.208. The van der Waals surface area contributed by atoms with Crippen molar-refractivity contribution in [3.05, 3.63) is 0 Å². The van der Waals surface area contributed by atoms with E-state index in [9.17, 15) is 14.1 Å². The van der Waals surface area contributed by atoms with Crippen LogP contribution in [0.1, 0.15) is 19.3 Å². The predicted octanol–water partition coefficient (Wildman–Crippen LogP) is 1.39. The molecule has 5 heteroatoms. The number of hydrogen-bond acceptors (Lipinski definition) is 4. The fourth-order valence-corrected chi connectivity index (χ4v) is 2.30. The quantitative estimate of drug-likeness (QED) is 0.574. The first-order chi connectivity index (χ1) is 6.38. The Bertz CT molecular complexity index is 244. The summed E-state index contributed by atoms with van der Waals surface area (Å²) in [5.41, 5.74) is 0. The fraction of sp³-hybridized carbons (Fsp3) is 0.778. The van der Waals surface area contributed by atoms with E-state index < -0.39 is 22.2 Å². The summed E-state index contributed by atoms with van der Waals surface area (Å²) < 4.78 is 13.9. The monoisotopic (exact) mass is 220 g/mol. The van der Waals surface area contributed by atoms with Gasteiger partial charge in [0.25, 0.3) is 0 Å². The molecule has 0 aromatic heterocycles. The van der Waals surface area contributed by atoms with Crippen LogP contribution >= 0.6 is 10.3 Å². The number of hydrogen-bond donors (Lipinski definition) is 1. The highest BCUT2D eigenvalue weighted by atomic mass is 32.3. The van der Waals surface area contributed by atoms with Crippen LogP contribution in [0, 0.1) is 5.92 Å². The van der Waals surface area contributed by atoms with Gasteiger partial charge < -0.3 is 9.29 Å². The molecule has 0 spiro atoms. The summed E-state index contributed by atoms with van der Waals surface area (Å²) in [5, 5.41) is 0. The molecule has 1 heterocycles. The third-order valence-corrected chi connectivity index (χ3v) is 3.45. The maximum absolute atomic E-state index is 11.0. The van der Waals surface area contributed by atoms with Crippen LogP contribution in [0.3, 0.4) is 0 Å². The van der Waals surface area contributed by atoms with Gasteiger partial charge in [0.1, 0.15) is 0 Å². The van der Waals surface area contributed by atoms with Crippen LogP contribution < -0.4 is 0 Å². The first kappa shape index (κ1) is 11.5. The summed E-state index contributed by atoms with van der Waals surface area (Å²) in [6.07, 6.45) is 5.24. The van der Waals surface area contributed by atoms with E-state index in [1.54, 1.807) is 0 Å². The predicted molar refractivity (Wildman–Crippen MR) is 55.4 cm³/mol. The van der Waals surface area contributed by atoms with E-state index in [2.05, 4.69) is 4.74 Å². The zero-order chi connectivity index (χ0) is 10.8. The fourth-order valence-electron chi connectivity index (χ4n) is 1.42. The molecule has 82 valence electrons. The highest BCUT2D eigenvalue weighted by Crippen LogP contribution is 2.35. The lowest BCUT2D eigenvalue weighted by Gasteiger charge is -2.23. The molecule has 0 bridgehead atoms. The van der Waals surface area contributed by atoms with Crippen LogP contribution in [0.2, 0.25) is 0 Å². The van der Waals surface area contributed by atoms with Crippen molar-refractivity contribution >= 4 is 22.2 Å². The molecule has 4 nitrogen and oxygen atoms in total. The van der Waals surface area contributed by atoms with Crippen LogP contribution in [0.5, 0.6) is 0 Å². The lowest BCUT2D eigenvalue weighted by molar-refractivity contribution is -0.153. The van der Waals surface area contributed by atoms with Gasteiger partial charge in [-0.05, 0) is 31.1 Å². The van der Waals surface area contributed by atoms with Gasteiger partial charge in [-0.3, -0.25) is 9.59 Å². The van der Waals surface area contributed by atoms with E-state index in [1.807, 2.05) is 12.5 Å². The summed E-state index contributed by atoms with van der Waals surface area (Å²) in [6, 6.07) is 0. The van der Waals surface area contributed by atoms with Gasteiger partial charge in [0.15, 0.2) is 0 Å². The van der Waals surface area contributed by atoms with E-state index in [-0.39, 0.29) is 12.3 Å². The van der Waals surface area contributed by atoms with Gasteiger partial charge in [0.05, 0.1) is 12.3 Å². The second-order valence-corrected chi connectivity index (χ2v) is 7.39. The summed E-state index contributed by atoms with van der Waals surface area (Å²) in [6.45, 7) is 0. The van der Waals surface area contributed by atoms with E-state index >= 15 is 0 Å². The molecule has 0 aliphatic carbocycles. The lowest BCUT2D eigenvalue weighted by Crippen LogP contribution is -2.09. The van der Waals surface area contributed by atoms with Gasteiger partial charge in [-0.1, -0.05) is 0 Å². The van der Waals surface area contributed by atoms with Gasteiger partial charge in [0, 0.05) is 0 Å². The minimum Gasteiger partial charge on any atom is -0.393 e. The zero-order valence-corrected chi connectivity index (χ0v) is 9.30. The van der Waals surface area contributed by atoms with Gasteiger partial charge in [-0.25, -0.2) is 0 Å². The standard InChI is InChI=1S/C9H16O4S/c1-14(2,12)5-3-4-7-6-8(10)13-9(7)11/h7,12H,3-6H2,1-2H3. The Kier molecular flexibility index (Phi) is 3.55. The Hall–Kier alpha value is -0.550. The van der Waals surface area contributed by atoms with Crippen molar-refractivity contribution in [1.29, 1.82) is 0 Å². The van der Waals surface area contributed by atoms with E-state index in [4.69, 9.17) is 0 Å². The largest absolute Gasteiger partial charge is 0.393 e. The molecule has 0 saturated carbocycles. The van der Waals surface area contributed by atoms with Crippen molar-refractivity contribution in [3.63, 3.8) is 0 Å². The molecule has 1 rings (SSSR count). The summed E-state index contributed by atoms with van der Waals surface area (Å²) >= 11 is 0. The van der Waals surface area contributed by atoms with Gasteiger partial charge in [-0.2, -0.15) is 0 Å². The molecule has 1 aliphatic rings. The highest BCUT2D eigenvalue weighted by molar-refractivity contribution is 8.28. The minimum atomic E-state index is -1.48. The molecule has 0 radical (unpaired) electrons. The second-order valence-electron chi connectivity index (χ2n) is 4.02. The van der Waals surface area contributed by atoms with E-state index in [0.717, 1.165) is 6.42 Å². The highest BCUT2D eigenvalue weighted by Gasteiger charge is 2.32. The molecule has 1 fully saturated rings. The molecule has 1 aliphatic heterocycles. The Labute approximate surface area is 85.2 Å². The lowest BCUT2D eigenvalue weighted by atomic mass is 10.0. The number of carbonyl (C=O) groups excluding carboxylic acids is 2. The van der Waals surface area contributed by atoms with Crippen molar-refractivity contribution in [1.82, 2.24) is 0 Å². The molecule has 14 heavy (non-hydrogen) atoms. The van der Waals surface area contributed by atoms with Gasteiger partial charge >= 0.3 is 11.9 Å². The Morgan fingerprint density at radius 2 is 2.14 bits per heavy atom.